The summed E-state index contributed by atoms with van der Waals surface area (Å²) in [6.45, 7) is 1.93. The molecule has 34 heavy (non-hydrogen) atoms. The molecule has 0 atom stereocenters. The minimum absolute atomic E-state index is 0.0198. The van der Waals surface area contributed by atoms with Crippen molar-refractivity contribution >= 4 is 39.1 Å². The van der Waals surface area contributed by atoms with Crippen molar-refractivity contribution in [2.24, 2.45) is 0 Å². The second-order valence-electron chi connectivity index (χ2n) is 8.18. The number of aryl methyl sites for hydroxylation is 1. The number of anilines is 1. The van der Waals surface area contributed by atoms with Crippen LogP contribution in [0.2, 0.25) is 0 Å². The Kier molecular flexibility index (Phi) is 6.19. The number of carbonyl (C=O) groups excluding carboxylic acids is 3. The molecule has 2 aliphatic heterocycles. The number of hydrogen-bond donors (Lipinski definition) is 1. The van der Waals surface area contributed by atoms with Gasteiger partial charge >= 0.3 is 0 Å². The highest BCUT2D eigenvalue weighted by molar-refractivity contribution is 7.89. The lowest BCUT2D eigenvalue weighted by Gasteiger charge is -2.26. The van der Waals surface area contributed by atoms with Crippen LogP contribution in [0.1, 0.15) is 45.5 Å². The van der Waals surface area contributed by atoms with E-state index >= 15 is 0 Å². The van der Waals surface area contributed by atoms with Crippen LogP contribution in [0.15, 0.2) is 41.3 Å². The van der Waals surface area contributed by atoms with Gasteiger partial charge in [-0.15, -0.1) is 0 Å². The Labute approximate surface area is 195 Å². The molecule has 1 saturated heterocycles. The van der Waals surface area contributed by atoms with Crippen molar-refractivity contribution in [1.29, 1.82) is 0 Å². The maximum absolute atomic E-state index is 13.1. The summed E-state index contributed by atoms with van der Waals surface area (Å²) in [6.07, 6.45) is 2.56. The van der Waals surface area contributed by atoms with E-state index in [9.17, 15) is 32.9 Å². The second kappa shape index (κ2) is 8.95. The molecule has 11 nitrogen and oxygen atoms in total. The highest BCUT2D eigenvalue weighted by Crippen LogP contribution is 2.28. The molecule has 1 fully saturated rings. The zero-order chi connectivity index (χ0) is 24.6. The molecule has 2 aromatic carbocycles. The van der Waals surface area contributed by atoms with E-state index in [-0.39, 0.29) is 27.4 Å². The molecule has 4 rings (SSSR count). The number of sulfonamides is 1. The first-order valence-electron chi connectivity index (χ1n) is 10.6. The predicted molar refractivity (Wildman–Crippen MR) is 121 cm³/mol. The van der Waals surface area contributed by atoms with Crippen LogP contribution < -0.4 is 5.32 Å². The number of hydrogen-bond acceptors (Lipinski definition) is 7. The van der Waals surface area contributed by atoms with Gasteiger partial charge < -0.3 is 5.32 Å². The van der Waals surface area contributed by atoms with Crippen molar-refractivity contribution in [3.8, 4) is 0 Å². The van der Waals surface area contributed by atoms with Crippen LogP contribution in [-0.4, -0.2) is 59.9 Å². The van der Waals surface area contributed by atoms with Crippen LogP contribution in [-0.2, 0) is 14.8 Å². The summed E-state index contributed by atoms with van der Waals surface area (Å²) in [4.78, 5) is 48.8. The maximum Gasteiger partial charge on any atom is 0.270 e. The van der Waals surface area contributed by atoms with E-state index in [4.69, 9.17) is 0 Å². The zero-order valence-corrected chi connectivity index (χ0v) is 19.1. The van der Waals surface area contributed by atoms with E-state index in [0.29, 0.717) is 23.6 Å². The number of nitrogens with zero attached hydrogens (tertiary/aromatic N) is 3. The van der Waals surface area contributed by atoms with Gasteiger partial charge in [0, 0.05) is 30.9 Å². The fraction of sp³-hybridized carbons (Fsp3) is 0.318. The number of imide groups is 1. The van der Waals surface area contributed by atoms with Crippen molar-refractivity contribution in [2.45, 2.75) is 31.1 Å². The Hall–Kier alpha value is -3.64. The van der Waals surface area contributed by atoms with Crippen molar-refractivity contribution in [1.82, 2.24) is 9.21 Å². The first-order chi connectivity index (χ1) is 16.1. The molecule has 0 saturated carbocycles. The minimum Gasteiger partial charge on any atom is -0.324 e. The molecule has 2 aliphatic rings. The number of rotatable bonds is 6. The second-order valence-corrected chi connectivity index (χ2v) is 10.1. The van der Waals surface area contributed by atoms with Gasteiger partial charge in [-0.2, -0.15) is 4.31 Å². The molecule has 0 aromatic heterocycles. The molecule has 1 N–H and O–H groups in total. The minimum atomic E-state index is -3.73. The van der Waals surface area contributed by atoms with Gasteiger partial charge in [0.15, 0.2) is 0 Å². The number of fused-ring (bicyclic) bond motifs is 1. The van der Waals surface area contributed by atoms with E-state index in [1.54, 1.807) is 13.0 Å². The Bertz CT molecular complexity index is 1320. The first-order valence-corrected chi connectivity index (χ1v) is 12.1. The fourth-order valence-electron chi connectivity index (χ4n) is 4.08. The number of nitrogens with one attached hydrogen (secondary N) is 1. The van der Waals surface area contributed by atoms with E-state index in [2.05, 4.69) is 5.32 Å². The number of nitro benzene ring substituents is 1. The molecule has 0 unspecified atom stereocenters. The molecule has 0 radical (unpaired) electrons. The van der Waals surface area contributed by atoms with Gasteiger partial charge in [-0.25, -0.2) is 8.42 Å². The summed E-state index contributed by atoms with van der Waals surface area (Å²) < 4.78 is 27.6. The summed E-state index contributed by atoms with van der Waals surface area (Å²) in [6, 6.07) is 7.78. The highest BCUT2D eigenvalue weighted by Gasteiger charge is 2.38. The summed E-state index contributed by atoms with van der Waals surface area (Å²) in [5.41, 5.74) is 0.239. The first kappa shape index (κ1) is 23.5. The molecule has 0 spiro atoms. The van der Waals surface area contributed by atoms with Crippen LogP contribution >= 0.6 is 0 Å². The van der Waals surface area contributed by atoms with E-state index in [0.717, 1.165) is 31.4 Å². The zero-order valence-electron chi connectivity index (χ0n) is 18.3. The van der Waals surface area contributed by atoms with E-state index in [1.165, 1.54) is 22.5 Å². The van der Waals surface area contributed by atoms with E-state index < -0.39 is 39.2 Å². The lowest BCUT2D eigenvalue weighted by molar-refractivity contribution is -0.384. The third-order valence-corrected chi connectivity index (χ3v) is 7.91. The molecule has 0 bridgehead atoms. The highest BCUT2D eigenvalue weighted by atomic mass is 32.2. The van der Waals surface area contributed by atoms with Gasteiger partial charge in [-0.3, -0.25) is 29.4 Å². The molecular formula is C22H22N4O7S. The van der Waals surface area contributed by atoms with Gasteiger partial charge in [0.2, 0.25) is 15.9 Å². The Balaban J connectivity index is 1.50. The number of amides is 3. The van der Waals surface area contributed by atoms with Crippen LogP contribution in [0.4, 0.5) is 11.4 Å². The van der Waals surface area contributed by atoms with Crippen molar-refractivity contribution in [3.05, 3.63) is 63.2 Å². The SMILES string of the molecule is Cc1ccc(NC(=O)CN2C(=O)c3ccc([N+](=O)[O-])cc3C2=O)cc1S(=O)(=O)N1CCCCC1. The summed E-state index contributed by atoms with van der Waals surface area (Å²) >= 11 is 0. The van der Waals surface area contributed by atoms with Crippen LogP contribution in [0.25, 0.3) is 0 Å². The maximum atomic E-state index is 13.1. The smallest absolute Gasteiger partial charge is 0.270 e. The van der Waals surface area contributed by atoms with Gasteiger partial charge in [0.25, 0.3) is 17.5 Å². The standard InChI is InChI=1S/C22H22N4O7S/c1-14-5-6-15(11-19(14)34(32,33)24-9-3-2-4-10-24)23-20(27)13-25-21(28)17-8-7-16(26(30)31)12-18(17)22(25)29/h5-8,11-12H,2-4,9-10,13H2,1H3,(H,23,27). The number of carbonyl (C=O) groups is 3. The van der Waals surface area contributed by atoms with Gasteiger partial charge in [0.05, 0.1) is 20.9 Å². The average Bonchev–Trinajstić information content (AvgIpc) is 3.05. The lowest BCUT2D eigenvalue weighted by atomic mass is 10.1. The molecule has 0 aliphatic carbocycles. The molecular weight excluding hydrogens is 464 g/mol. The quantitative estimate of drug-likeness (QED) is 0.374. The molecule has 3 amide bonds. The molecule has 2 heterocycles. The number of nitro groups is 1. The largest absolute Gasteiger partial charge is 0.324 e. The Morgan fingerprint density at radius 3 is 2.38 bits per heavy atom. The van der Waals surface area contributed by atoms with Gasteiger partial charge in [-0.1, -0.05) is 12.5 Å². The van der Waals surface area contributed by atoms with Gasteiger partial charge in [-0.05, 0) is 43.5 Å². The lowest BCUT2D eigenvalue weighted by Crippen LogP contribution is -2.37. The summed E-state index contributed by atoms with van der Waals surface area (Å²) in [5.74, 6) is -2.26. The molecule has 12 heteroatoms. The van der Waals surface area contributed by atoms with Crippen molar-refractivity contribution in [2.75, 3.05) is 25.0 Å². The number of benzene rings is 2. The van der Waals surface area contributed by atoms with Crippen LogP contribution in [0.3, 0.4) is 0 Å². The Morgan fingerprint density at radius 2 is 1.71 bits per heavy atom. The number of piperidine rings is 1. The fourth-order valence-corrected chi connectivity index (χ4v) is 5.85. The molecule has 178 valence electrons. The predicted octanol–water partition coefficient (Wildman–Crippen LogP) is 2.31. The normalized spacial score (nSPS) is 16.4. The van der Waals surface area contributed by atoms with Crippen molar-refractivity contribution in [3.63, 3.8) is 0 Å². The Morgan fingerprint density at radius 1 is 1.03 bits per heavy atom. The topological polar surface area (TPSA) is 147 Å². The van der Waals surface area contributed by atoms with E-state index in [1.807, 2.05) is 0 Å². The number of non-ortho nitro benzene ring substituents is 1. The molecule has 2 aromatic rings. The monoisotopic (exact) mass is 486 g/mol. The average molecular weight is 487 g/mol. The summed E-state index contributed by atoms with van der Waals surface area (Å²) in [5, 5.41) is 13.5. The summed E-state index contributed by atoms with van der Waals surface area (Å²) in [7, 11) is -3.73. The third kappa shape index (κ3) is 4.29. The third-order valence-electron chi connectivity index (χ3n) is 5.87. The van der Waals surface area contributed by atoms with Crippen LogP contribution in [0.5, 0.6) is 0 Å². The van der Waals surface area contributed by atoms with Crippen molar-refractivity contribution < 1.29 is 27.7 Å². The van der Waals surface area contributed by atoms with Crippen LogP contribution in [0, 0.1) is 17.0 Å². The van der Waals surface area contributed by atoms with Gasteiger partial charge in [0.1, 0.15) is 6.54 Å².